The van der Waals surface area contributed by atoms with E-state index in [4.69, 9.17) is 0 Å². The number of hydrogen-bond acceptors (Lipinski definition) is 4. The fourth-order valence-corrected chi connectivity index (χ4v) is 4.50. The molecule has 5 nitrogen and oxygen atoms in total. The lowest BCUT2D eigenvalue weighted by Gasteiger charge is -2.28. The molecule has 28 heavy (non-hydrogen) atoms. The zero-order valence-corrected chi connectivity index (χ0v) is 16.3. The molecular weight excluding hydrogens is 377 g/mol. The Morgan fingerprint density at radius 1 is 1.00 bits per heavy atom. The van der Waals surface area contributed by atoms with Crippen LogP contribution in [0.25, 0.3) is 0 Å². The van der Waals surface area contributed by atoms with Crippen molar-refractivity contribution in [3.63, 3.8) is 0 Å². The molecule has 1 aromatic heterocycles. The maximum atomic E-state index is 13.3. The van der Waals surface area contributed by atoms with Gasteiger partial charge in [0, 0.05) is 37.7 Å². The Hall–Kier alpha value is -2.51. The van der Waals surface area contributed by atoms with Crippen LogP contribution < -0.4 is 10.6 Å². The van der Waals surface area contributed by atoms with E-state index in [1.807, 2.05) is 0 Å². The molecule has 0 aliphatic carbocycles. The first-order valence-corrected chi connectivity index (χ1v) is 10.2. The molecule has 146 valence electrons. The van der Waals surface area contributed by atoms with Gasteiger partial charge < -0.3 is 0 Å². The maximum Gasteiger partial charge on any atom is 0.341 e. The number of benzene rings is 2. The maximum absolute atomic E-state index is 13.3. The van der Waals surface area contributed by atoms with E-state index in [0.29, 0.717) is 12.1 Å². The quantitative estimate of drug-likeness (QED) is 0.640. The highest BCUT2D eigenvalue weighted by Gasteiger charge is 2.16. The van der Waals surface area contributed by atoms with Gasteiger partial charge in [-0.05, 0) is 41.7 Å². The summed E-state index contributed by atoms with van der Waals surface area (Å²) >= 11 is 0.939. The molecule has 0 atom stereocenters. The summed E-state index contributed by atoms with van der Waals surface area (Å²) in [5.41, 5.74) is 3.08. The predicted octanol–water partition coefficient (Wildman–Crippen LogP) is 2.71. The second-order valence-corrected chi connectivity index (χ2v) is 8.08. The van der Waals surface area contributed by atoms with Crippen molar-refractivity contribution in [2.45, 2.75) is 32.5 Å². The van der Waals surface area contributed by atoms with Crippen LogP contribution in [0.2, 0.25) is 0 Å². The van der Waals surface area contributed by atoms with Crippen LogP contribution in [-0.4, -0.2) is 26.5 Å². The van der Waals surface area contributed by atoms with Gasteiger partial charge in [-0.3, -0.25) is 9.69 Å². The first kappa shape index (κ1) is 18.8. The van der Waals surface area contributed by atoms with Crippen LogP contribution in [0.3, 0.4) is 0 Å². The third-order valence-corrected chi connectivity index (χ3v) is 6.06. The molecule has 0 bridgehead atoms. The molecule has 1 aliphatic rings. The van der Waals surface area contributed by atoms with Gasteiger partial charge in [0.05, 0.1) is 6.54 Å². The molecule has 0 spiro atoms. The number of hydrogen-bond donors (Lipinski definition) is 0. The summed E-state index contributed by atoms with van der Waals surface area (Å²) in [4.78, 5) is 26.8. The molecule has 2 heterocycles. The summed E-state index contributed by atoms with van der Waals surface area (Å²) in [7, 11) is 0. The molecule has 7 heteroatoms. The fourth-order valence-electron chi connectivity index (χ4n) is 3.67. The van der Waals surface area contributed by atoms with Gasteiger partial charge in [-0.1, -0.05) is 36.4 Å². The number of nitrogens with zero attached hydrogens (tertiary/aromatic N) is 3. The van der Waals surface area contributed by atoms with E-state index in [-0.39, 0.29) is 22.9 Å². The molecule has 3 aromatic rings. The minimum absolute atomic E-state index is 0.0990. The Labute approximate surface area is 166 Å². The summed E-state index contributed by atoms with van der Waals surface area (Å²) in [6.07, 6.45) is 1.86. The van der Waals surface area contributed by atoms with E-state index >= 15 is 0 Å². The van der Waals surface area contributed by atoms with E-state index in [1.54, 1.807) is 12.1 Å². The molecule has 1 aliphatic heterocycles. The van der Waals surface area contributed by atoms with E-state index in [2.05, 4.69) is 29.2 Å². The van der Waals surface area contributed by atoms with Crippen molar-refractivity contribution in [3.8, 4) is 0 Å². The van der Waals surface area contributed by atoms with Crippen LogP contribution in [0.15, 0.2) is 58.1 Å². The number of fused-ring (bicyclic) bond motifs is 1. The van der Waals surface area contributed by atoms with Gasteiger partial charge in [-0.25, -0.2) is 17.7 Å². The number of halogens is 1. The lowest BCUT2D eigenvalue weighted by Crippen LogP contribution is -2.33. The summed E-state index contributed by atoms with van der Waals surface area (Å²) < 4.78 is 16.0. The molecule has 0 saturated heterocycles. The summed E-state index contributed by atoms with van der Waals surface area (Å²) in [6, 6.07) is 14.5. The Morgan fingerprint density at radius 2 is 1.82 bits per heavy atom. The lowest BCUT2D eigenvalue weighted by atomic mass is 10.00. The molecular formula is C21H22FN3O2S. The first-order chi connectivity index (χ1) is 13.6. The van der Waals surface area contributed by atoms with Crippen molar-refractivity contribution in [1.29, 1.82) is 0 Å². The van der Waals surface area contributed by atoms with E-state index < -0.39 is 0 Å². The van der Waals surface area contributed by atoms with Crippen molar-refractivity contribution in [2.75, 3.05) is 13.1 Å². The Balaban J connectivity index is 1.37. The normalized spacial score (nSPS) is 14.2. The van der Waals surface area contributed by atoms with Gasteiger partial charge in [-0.2, -0.15) is 0 Å². The molecule has 0 amide bonds. The largest absolute Gasteiger partial charge is 0.341 e. The zero-order chi connectivity index (χ0) is 19.5. The van der Waals surface area contributed by atoms with Crippen molar-refractivity contribution in [3.05, 3.63) is 91.2 Å². The van der Waals surface area contributed by atoms with Gasteiger partial charge >= 0.3 is 10.6 Å². The van der Waals surface area contributed by atoms with E-state index in [1.165, 1.54) is 31.8 Å². The Morgan fingerprint density at radius 3 is 2.64 bits per heavy atom. The van der Waals surface area contributed by atoms with E-state index in [9.17, 15) is 14.0 Å². The predicted molar refractivity (Wildman–Crippen MR) is 108 cm³/mol. The van der Waals surface area contributed by atoms with Crippen LogP contribution in [0.4, 0.5) is 4.39 Å². The third-order valence-electron chi connectivity index (χ3n) is 5.13. The molecule has 0 N–H and O–H groups in total. The van der Waals surface area contributed by atoms with Gasteiger partial charge in [0.1, 0.15) is 5.82 Å². The van der Waals surface area contributed by atoms with Crippen LogP contribution in [-0.2, 0) is 26.1 Å². The molecule has 4 rings (SSSR count). The lowest BCUT2D eigenvalue weighted by molar-refractivity contribution is 0.247. The van der Waals surface area contributed by atoms with E-state index in [0.717, 1.165) is 44.0 Å². The van der Waals surface area contributed by atoms with Crippen LogP contribution >= 0.6 is 11.5 Å². The second kappa shape index (κ2) is 8.24. The highest BCUT2D eigenvalue weighted by atomic mass is 32.1. The van der Waals surface area contributed by atoms with Gasteiger partial charge in [0.2, 0.25) is 0 Å². The van der Waals surface area contributed by atoms with Crippen molar-refractivity contribution in [1.82, 2.24) is 13.4 Å². The molecule has 0 radical (unpaired) electrons. The molecule has 2 aromatic carbocycles. The standard InChI is InChI=1S/C21H22FN3O2S/c22-19-8-3-5-16(13-19)14-24-20(26)25(28-21(24)27)11-4-10-23-12-9-17-6-1-2-7-18(17)15-23/h1-3,5-8,13H,4,9-12,14-15H2. The molecule has 0 unspecified atom stereocenters. The number of aromatic nitrogens is 2. The highest BCUT2D eigenvalue weighted by Crippen LogP contribution is 2.18. The van der Waals surface area contributed by atoms with Crippen molar-refractivity contribution >= 4 is 11.5 Å². The SMILES string of the molecule is O=c1sn(CCCN2CCc3ccccc3C2)c(=O)n1Cc1cccc(F)c1. The van der Waals surface area contributed by atoms with Crippen LogP contribution in [0, 0.1) is 5.82 Å². The smallest absolute Gasteiger partial charge is 0.299 e. The zero-order valence-electron chi connectivity index (χ0n) is 15.5. The third kappa shape index (κ3) is 4.15. The van der Waals surface area contributed by atoms with Crippen molar-refractivity contribution in [2.24, 2.45) is 0 Å². The minimum atomic E-state index is -0.371. The minimum Gasteiger partial charge on any atom is -0.299 e. The molecule has 0 fully saturated rings. The van der Waals surface area contributed by atoms with Crippen molar-refractivity contribution < 1.29 is 4.39 Å². The highest BCUT2D eigenvalue weighted by molar-refractivity contribution is 7.03. The fraction of sp³-hybridized carbons (Fsp3) is 0.333. The van der Waals surface area contributed by atoms with Crippen LogP contribution in [0.1, 0.15) is 23.1 Å². The second-order valence-electron chi connectivity index (χ2n) is 7.11. The summed E-state index contributed by atoms with van der Waals surface area (Å²) in [5.74, 6) is -0.371. The van der Waals surface area contributed by atoms with Crippen LogP contribution in [0.5, 0.6) is 0 Å². The monoisotopic (exact) mass is 399 g/mol. The number of aryl methyl sites for hydroxylation is 1. The first-order valence-electron chi connectivity index (χ1n) is 9.45. The Kier molecular flexibility index (Phi) is 5.54. The molecule has 0 saturated carbocycles. The van der Waals surface area contributed by atoms with Gasteiger partial charge in [0.15, 0.2) is 0 Å². The van der Waals surface area contributed by atoms with Gasteiger partial charge in [0.25, 0.3) is 0 Å². The Bertz CT molecular complexity index is 1090. The average Bonchev–Trinajstić information content (AvgIpc) is 2.95. The average molecular weight is 399 g/mol. The van der Waals surface area contributed by atoms with Gasteiger partial charge in [-0.15, -0.1) is 0 Å². The number of rotatable bonds is 6. The summed E-state index contributed by atoms with van der Waals surface area (Å²) in [6.45, 7) is 3.45. The topological polar surface area (TPSA) is 47.2 Å². The summed E-state index contributed by atoms with van der Waals surface area (Å²) in [5, 5.41) is 0.